The van der Waals surface area contributed by atoms with Crippen LogP contribution in [0, 0.1) is 6.92 Å². The molecule has 6 nitrogen and oxygen atoms in total. The Balaban J connectivity index is 2.14. The van der Waals surface area contributed by atoms with Crippen LogP contribution in [0.1, 0.15) is 5.56 Å². The van der Waals surface area contributed by atoms with Gasteiger partial charge in [-0.15, -0.1) is 11.3 Å². The molecule has 0 bridgehead atoms. The molecule has 3 rings (SSSR count). The minimum absolute atomic E-state index is 0.0146. The van der Waals surface area contributed by atoms with Gasteiger partial charge in [0.15, 0.2) is 0 Å². The Kier molecular flexibility index (Phi) is 4.37. The van der Waals surface area contributed by atoms with E-state index in [0.717, 1.165) is 20.3 Å². The van der Waals surface area contributed by atoms with Crippen LogP contribution in [0.4, 0.5) is 0 Å². The van der Waals surface area contributed by atoms with Crippen molar-refractivity contribution in [2.75, 3.05) is 19.8 Å². The monoisotopic (exact) mass is 375 g/mol. The second kappa shape index (κ2) is 6.03. The lowest BCUT2D eigenvalue weighted by Crippen LogP contribution is -2.52. The fraction of sp³-hybridized carbons (Fsp3) is 0.357. The normalized spacial score (nSPS) is 20.0. The van der Waals surface area contributed by atoms with Crippen molar-refractivity contribution in [3.8, 4) is 0 Å². The molecule has 2 aromatic rings. The van der Waals surface area contributed by atoms with Crippen LogP contribution in [0.3, 0.4) is 0 Å². The first-order chi connectivity index (χ1) is 10.8. The Morgan fingerprint density at radius 1 is 1.48 bits per heavy atom. The van der Waals surface area contributed by atoms with Gasteiger partial charge in [0, 0.05) is 21.7 Å². The maximum atomic E-state index is 13.0. The van der Waals surface area contributed by atoms with Gasteiger partial charge in [-0.1, -0.05) is 17.7 Å². The molecular formula is C14H14ClNO5S2. The van der Waals surface area contributed by atoms with Gasteiger partial charge in [0.1, 0.15) is 10.3 Å². The summed E-state index contributed by atoms with van der Waals surface area (Å²) < 4.78 is 33.0. The lowest BCUT2D eigenvalue weighted by Gasteiger charge is -2.31. The van der Waals surface area contributed by atoms with Gasteiger partial charge in [-0.05, 0) is 24.6 Å². The first-order valence-electron chi connectivity index (χ1n) is 6.84. The minimum Gasteiger partial charge on any atom is -0.480 e. The Bertz CT molecular complexity index is 877. The molecule has 1 atom stereocenters. The van der Waals surface area contributed by atoms with Crippen molar-refractivity contribution in [3.63, 3.8) is 0 Å². The largest absolute Gasteiger partial charge is 0.480 e. The average Bonchev–Trinajstić information content (AvgIpc) is 2.86. The summed E-state index contributed by atoms with van der Waals surface area (Å²) in [4.78, 5) is 11.4. The fourth-order valence-corrected chi connectivity index (χ4v) is 6.47. The van der Waals surface area contributed by atoms with Crippen LogP contribution in [0.25, 0.3) is 10.1 Å². The Morgan fingerprint density at radius 3 is 2.87 bits per heavy atom. The molecule has 1 aromatic carbocycles. The molecule has 1 aromatic heterocycles. The van der Waals surface area contributed by atoms with Gasteiger partial charge >= 0.3 is 5.97 Å². The van der Waals surface area contributed by atoms with Crippen LogP contribution < -0.4 is 0 Å². The molecule has 0 saturated carbocycles. The van der Waals surface area contributed by atoms with Crippen molar-refractivity contribution < 1.29 is 23.1 Å². The van der Waals surface area contributed by atoms with E-state index in [1.54, 1.807) is 25.1 Å². The highest BCUT2D eigenvalue weighted by Crippen LogP contribution is 2.39. The third-order valence-electron chi connectivity index (χ3n) is 3.77. The number of carboxylic acid groups (broad SMARTS) is 1. The number of carboxylic acids is 1. The summed E-state index contributed by atoms with van der Waals surface area (Å²) in [6.45, 7) is 1.72. The standard InChI is InChI=1S/C14H14ClNO5S2/c1-8-12-9(15)3-2-4-11(12)22-14(8)23(19,20)16-5-6-21-7-10(16)13(17)18/h2-4,10H,5-7H2,1H3,(H,17,18). The molecule has 0 amide bonds. The summed E-state index contributed by atoms with van der Waals surface area (Å²) in [7, 11) is -3.93. The van der Waals surface area contributed by atoms with E-state index in [2.05, 4.69) is 0 Å². The lowest BCUT2D eigenvalue weighted by molar-refractivity contribution is -0.146. The highest BCUT2D eigenvalue weighted by Gasteiger charge is 2.40. The van der Waals surface area contributed by atoms with Crippen LogP contribution in [0.15, 0.2) is 22.4 Å². The molecule has 2 heterocycles. The number of morpholine rings is 1. The summed E-state index contributed by atoms with van der Waals surface area (Å²) >= 11 is 7.28. The van der Waals surface area contributed by atoms with E-state index in [4.69, 9.17) is 16.3 Å². The zero-order chi connectivity index (χ0) is 16.8. The number of ether oxygens (including phenoxy) is 1. The number of benzene rings is 1. The molecule has 23 heavy (non-hydrogen) atoms. The molecular weight excluding hydrogens is 362 g/mol. The lowest BCUT2D eigenvalue weighted by atomic mass is 10.2. The van der Waals surface area contributed by atoms with Gasteiger partial charge in [0.2, 0.25) is 0 Å². The van der Waals surface area contributed by atoms with Gasteiger partial charge in [0.25, 0.3) is 10.0 Å². The number of hydrogen-bond donors (Lipinski definition) is 1. The summed E-state index contributed by atoms with van der Waals surface area (Å²) in [6, 6.07) is 4.04. The third kappa shape index (κ3) is 2.74. The molecule has 1 fully saturated rings. The van der Waals surface area contributed by atoms with Gasteiger partial charge < -0.3 is 9.84 Å². The molecule has 124 valence electrons. The molecule has 0 spiro atoms. The number of aryl methyl sites for hydroxylation is 1. The van der Waals surface area contributed by atoms with Crippen LogP contribution in [0.5, 0.6) is 0 Å². The summed E-state index contributed by atoms with van der Waals surface area (Å²) in [5.74, 6) is -1.22. The number of halogens is 1. The van der Waals surface area contributed by atoms with E-state index in [9.17, 15) is 18.3 Å². The van der Waals surface area contributed by atoms with E-state index in [-0.39, 0.29) is 24.0 Å². The number of fused-ring (bicyclic) bond motifs is 1. The Hall–Kier alpha value is -1.19. The molecule has 1 unspecified atom stereocenters. The van der Waals surface area contributed by atoms with E-state index < -0.39 is 22.0 Å². The maximum absolute atomic E-state index is 13.0. The third-order valence-corrected chi connectivity index (χ3v) is 7.84. The second-order valence-electron chi connectivity index (χ2n) is 5.17. The number of hydrogen-bond acceptors (Lipinski definition) is 5. The van der Waals surface area contributed by atoms with Crippen LogP contribution in [-0.4, -0.2) is 49.6 Å². The fourth-order valence-electron chi connectivity index (χ4n) is 2.66. The highest BCUT2D eigenvalue weighted by molar-refractivity contribution is 7.91. The van der Waals surface area contributed by atoms with Gasteiger partial charge in [-0.3, -0.25) is 4.79 Å². The topological polar surface area (TPSA) is 83.9 Å². The smallest absolute Gasteiger partial charge is 0.324 e. The number of aliphatic carboxylic acids is 1. The number of rotatable bonds is 3. The summed E-state index contributed by atoms with van der Waals surface area (Å²) in [5.41, 5.74) is 0.547. The van der Waals surface area contributed by atoms with Crippen molar-refractivity contribution in [3.05, 3.63) is 28.8 Å². The molecule has 0 radical (unpaired) electrons. The maximum Gasteiger partial charge on any atom is 0.324 e. The van der Waals surface area contributed by atoms with Crippen LogP contribution in [0.2, 0.25) is 5.02 Å². The number of thiophene rings is 1. The van der Waals surface area contributed by atoms with Crippen LogP contribution in [-0.2, 0) is 19.6 Å². The minimum atomic E-state index is -3.93. The van der Waals surface area contributed by atoms with E-state index in [1.807, 2.05) is 0 Å². The first kappa shape index (κ1) is 16.7. The molecule has 9 heteroatoms. The number of carbonyl (C=O) groups is 1. The van der Waals surface area contributed by atoms with Crippen molar-refractivity contribution in [2.24, 2.45) is 0 Å². The van der Waals surface area contributed by atoms with Crippen molar-refractivity contribution in [2.45, 2.75) is 17.2 Å². The SMILES string of the molecule is Cc1c(S(=O)(=O)N2CCOCC2C(=O)O)sc2cccc(Cl)c12. The second-order valence-corrected chi connectivity index (χ2v) is 8.72. The number of sulfonamides is 1. The predicted molar refractivity (Wildman–Crippen MR) is 87.7 cm³/mol. The van der Waals surface area contributed by atoms with E-state index in [0.29, 0.717) is 16.0 Å². The molecule has 1 aliphatic heterocycles. The zero-order valence-corrected chi connectivity index (χ0v) is 14.5. The zero-order valence-electron chi connectivity index (χ0n) is 12.2. The molecule has 1 saturated heterocycles. The molecule has 1 N–H and O–H groups in total. The summed E-state index contributed by atoms with van der Waals surface area (Å²) in [6.07, 6.45) is 0. The van der Waals surface area contributed by atoms with Gasteiger partial charge in [-0.25, -0.2) is 8.42 Å². The van der Waals surface area contributed by atoms with Gasteiger partial charge in [0.05, 0.1) is 13.2 Å². The molecule has 0 aliphatic carbocycles. The van der Waals surface area contributed by atoms with Crippen molar-refractivity contribution in [1.29, 1.82) is 0 Å². The predicted octanol–water partition coefficient (Wildman–Crippen LogP) is 2.34. The van der Waals surface area contributed by atoms with Crippen LogP contribution >= 0.6 is 22.9 Å². The molecule has 1 aliphatic rings. The Labute approximate surface area is 142 Å². The highest BCUT2D eigenvalue weighted by atomic mass is 35.5. The Morgan fingerprint density at radius 2 is 2.22 bits per heavy atom. The van der Waals surface area contributed by atoms with E-state index in [1.165, 1.54) is 0 Å². The number of nitrogens with zero attached hydrogens (tertiary/aromatic N) is 1. The first-order valence-corrected chi connectivity index (χ1v) is 9.47. The van der Waals surface area contributed by atoms with Crippen molar-refractivity contribution in [1.82, 2.24) is 4.31 Å². The van der Waals surface area contributed by atoms with Crippen molar-refractivity contribution >= 4 is 49.0 Å². The quantitative estimate of drug-likeness (QED) is 0.890. The summed E-state index contributed by atoms with van der Waals surface area (Å²) in [5, 5.41) is 10.4. The van der Waals surface area contributed by atoms with Gasteiger partial charge in [-0.2, -0.15) is 4.31 Å². The average molecular weight is 376 g/mol. The van der Waals surface area contributed by atoms with E-state index >= 15 is 0 Å².